The Hall–Kier alpha value is -4.50. The Morgan fingerprint density at radius 1 is 0.810 bits per heavy atom. The van der Waals surface area contributed by atoms with Crippen molar-refractivity contribution in [3.05, 3.63) is 36.0 Å². The van der Waals surface area contributed by atoms with Gasteiger partial charge in [0.2, 0.25) is 23.6 Å². The zero-order valence-corrected chi connectivity index (χ0v) is 23.1. The maximum Gasteiger partial charge on any atom is 0.326 e. The fourth-order valence-corrected chi connectivity index (χ4v) is 4.27. The number of nitrogens with one attached hydrogen (secondary N) is 4. The van der Waals surface area contributed by atoms with E-state index in [0.29, 0.717) is 24.9 Å². The first kappa shape index (κ1) is 33.7. The summed E-state index contributed by atoms with van der Waals surface area (Å²) in [6.45, 7) is 0.321. The van der Waals surface area contributed by atoms with Crippen molar-refractivity contribution in [3.63, 3.8) is 0 Å². The number of aromatic amines is 1. The lowest BCUT2D eigenvalue weighted by molar-refractivity contribution is -0.143. The molecular weight excluding hydrogens is 550 g/mol. The molecule has 1 heterocycles. The minimum Gasteiger partial charge on any atom is -0.481 e. The average molecular weight is 590 g/mol. The number of carboxylic acid groups (broad SMARTS) is 2. The van der Waals surface area contributed by atoms with E-state index >= 15 is 0 Å². The normalized spacial score (nSPS) is 13.9. The predicted octanol–water partition coefficient (Wildman–Crippen LogP) is -1.16. The molecule has 2 aromatic rings. The van der Waals surface area contributed by atoms with Crippen LogP contribution < -0.4 is 33.2 Å². The molecular formula is C27H39N7O8. The monoisotopic (exact) mass is 589 g/mol. The van der Waals surface area contributed by atoms with Gasteiger partial charge in [0, 0.05) is 36.4 Å². The summed E-state index contributed by atoms with van der Waals surface area (Å²) in [7, 11) is 0. The van der Waals surface area contributed by atoms with Gasteiger partial charge in [-0.15, -0.1) is 0 Å². The summed E-state index contributed by atoms with van der Waals surface area (Å²) in [5.41, 5.74) is 18.1. The summed E-state index contributed by atoms with van der Waals surface area (Å²) >= 11 is 0. The van der Waals surface area contributed by atoms with Gasteiger partial charge < -0.3 is 48.3 Å². The molecule has 2 rings (SSSR count). The Kier molecular flexibility index (Phi) is 13.4. The molecule has 42 heavy (non-hydrogen) atoms. The zero-order valence-electron chi connectivity index (χ0n) is 23.1. The number of fused-ring (bicyclic) bond motifs is 1. The Balaban J connectivity index is 2.29. The lowest BCUT2D eigenvalue weighted by Crippen LogP contribution is -2.57. The van der Waals surface area contributed by atoms with E-state index in [1.807, 2.05) is 24.3 Å². The van der Waals surface area contributed by atoms with Crippen molar-refractivity contribution < 1.29 is 39.0 Å². The number of H-pyrrole nitrogens is 1. The topological polar surface area (TPSA) is 273 Å². The number of carboxylic acids is 2. The molecule has 4 unspecified atom stereocenters. The van der Waals surface area contributed by atoms with Gasteiger partial charge in [-0.3, -0.25) is 24.0 Å². The molecule has 0 saturated heterocycles. The molecule has 1 aromatic heterocycles. The Morgan fingerprint density at radius 2 is 1.45 bits per heavy atom. The first-order chi connectivity index (χ1) is 19.9. The highest BCUT2D eigenvalue weighted by Crippen LogP contribution is 2.19. The molecule has 15 nitrogen and oxygen atoms in total. The van der Waals surface area contributed by atoms with Gasteiger partial charge in [-0.1, -0.05) is 18.2 Å². The molecule has 0 radical (unpaired) electrons. The largest absolute Gasteiger partial charge is 0.481 e. The van der Waals surface area contributed by atoms with Crippen molar-refractivity contribution in [1.82, 2.24) is 20.9 Å². The van der Waals surface area contributed by atoms with E-state index in [4.69, 9.17) is 22.3 Å². The van der Waals surface area contributed by atoms with Crippen LogP contribution in [0.25, 0.3) is 10.9 Å². The molecule has 0 bridgehead atoms. The van der Waals surface area contributed by atoms with Gasteiger partial charge >= 0.3 is 11.9 Å². The molecule has 15 heteroatoms. The van der Waals surface area contributed by atoms with Crippen LogP contribution in [0, 0.1) is 0 Å². The van der Waals surface area contributed by atoms with E-state index in [9.17, 15) is 33.9 Å². The minimum atomic E-state index is -1.49. The van der Waals surface area contributed by atoms with Crippen LogP contribution in [0.2, 0.25) is 0 Å². The number of carbonyl (C=O) groups excluding carboxylic acids is 4. The van der Waals surface area contributed by atoms with E-state index in [1.165, 1.54) is 0 Å². The molecule has 12 N–H and O–H groups in total. The number of unbranched alkanes of at least 4 members (excludes halogenated alkanes) is 1. The number of nitrogens with two attached hydrogens (primary N) is 3. The molecule has 0 spiro atoms. The van der Waals surface area contributed by atoms with Crippen LogP contribution in [-0.2, 0) is 35.2 Å². The summed E-state index contributed by atoms with van der Waals surface area (Å²) in [5.74, 6) is -5.56. The summed E-state index contributed by atoms with van der Waals surface area (Å²) in [6.07, 6.45) is 1.71. The number of aromatic nitrogens is 1. The average Bonchev–Trinajstić information content (AvgIpc) is 3.35. The highest BCUT2D eigenvalue weighted by molar-refractivity contribution is 5.95. The van der Waals surface area contributed by atoms with E-state index in [0.717, 1.165) is 10.9 Å². The van der Waals surface area contributed by atoms with Gasteiger partial charge in [0.05, 0.1) is 6.04 Å². The number of carbonyl (C=O) groups is 6. The van der Waals surface area contributed by atoms with E-state index in [1.54, 1.807) is 6.20 Å². The second-order valence-corrected chi connectivity index (χ2v) is 9.91. The van der Waals surface area contributed by atoms with Gasteiger partial charge in [0.1, 0.15) is 18.1 Å². The van der Waals surface area contributed by atoms with Crippen LogP contribution in [0.1, 0.15) is 50.5 Å². The summed E-state index contributed by atoms with van der Waals surface area (Å²) < 4.78 is 0. The Bertz CT molecular complexity index is 1260. The first-order valence-corrected chi connectivity index (χ1v) is 13.6. The second-order valence-electron chi connectivity index (χ2n) is 9.91. The molecule has 0 saturated carbocycles. The van der Waals surface area contributed by atoms with Crippen LogP contribution in [0.3, 0.4) is 0 Å². The van der Waals surface area contributed by atoms with Crippen LogP contribution >= 0.6 is 0 Å². The molecule has 230 valence electrons. The molecule has 0 aliphatic rings. The van der Waals surface area contributed by atoms with E-state index < -0.39 is 66.2 Å². The van der Waals surface area contributed by atoms with E-state index in [2.05, 4.69) is 20.9 Å². The van der Waals surface area contributed by atoms with Crippen molar-refractivity contribution in [2.24, 2.45) is 17.2 Å². The molecule has 4 atom stereocenters. The van der Waals surface area contributed by atoms with Gasteiger partial charge in [-0.2, -0.15) is 0 Å². The lowest BCUT2D eigenvalue weighted by atomic mass is 10.0. The van der Waals surface area contributed by atoms with Gasteiger partial charge in [0.25, 0.3) is 0 Å². The van der Waals surface area contributed by atoms with Crippen molar-refractivity contribution in [1.29, 1.82) is 0 Å². The highest BCUT2D eigenvalue weighted by Gasteiger charge is 2.31. The van der Waals surface area contributed by atoms with Crippen LogP contribution in [0.15, 0.2) is 30.5 Å². The minimum absolute atomic E-state index is 0.0115. The third kappa shape index (κ3) is 10.8. The maximum absolute atomic E-state index is 13.6. The van der Waals surface area contributed by atoms with Gasteiger partial charge in [-0.25, -0.2) is 4.79 Å². The Morgan fingerprint density at radius 3 is 2.10 bits per heavy atom. The predicted molar refractivity (Wildman–Crippen MR) is 152 cm³/mol. The molecule has 0 aliphatic heterocycles. The SMILES string of the molecule is NCCCCC(NC(=O)C(Cc1c[nH]c2ccccc12)NC(=O)C(N)CCC(N)=O)C(=O)NC(CCC(=O)O)C(=O)O. The van der Waals surface area contributed by atoms with Crippen LogP contribution in [0.4, 0.5) is 0 Å². The number of rotatable bonds is 19. The van der Waals surface area contributed by atoms with Crippen molar-refractivity contribution in [2.75, 3.05) is 6.54 Å². The highest BCUT2D eigenvalue weighted by atomic mass is 16.4. The van der Waals surface area contributed by atoms with Crippen LogP contribution in [-0.4, -0.2) is 81.5 Å². The van der Waals surface area contributed by atoms with Gasteiger partial charge in [0.15, 0.2) is 0 Å². The zero-order chi connectivity index (χ0) is 31.2. The number of primary amides is 1. The first-order valence-electron chi connectivity index (χ1n) is 13.6. The third-order valence-electron chi connectivity index (χ3n) is 6.61. The van der Waals surface area contributed by atoms with Gasteiger partial charge in [-0.05, 0) is 50.3 Å². The summed E-state index contributed by atoms with van der Waals surface area (Å²) in [4.78, 5) is 76.3. The summed E-state index contributed by atoms with van der Waals surface area (Å²) in [6, 6.07) is 2.28. The molecule has 4 amide bonds. The molecule has 0 fully saturated rings. The van der Waals surface area contributed by atoms with Crippen molar-refractivity contribution in [2.45, 2.75) is 75.5 Å². The van der Waals surface area contributed by atoms with Crippen molar-refractivity contribution >= 4 is 46.5 Å². The Labute approximate surface area is 241 Å². The number of hydrogen-bond acceptors (Lipinski definition) is 8. The number of aliphatic carboxylic acids is 2. The van der Waals surface area contributed by atoms with E-state index in [-0.39, 0.29) is 32.1 Å². The standard InChI is InChI=1S/C27H39N7O8/c28-12-4-3-7-19(25(39)33-20(27(41)42)9-11-23(36)37)32-26(40)21(34-24(38)17(29)8-10-22(30)35)13-15-14-31-18-6-2-1-5-16(15)18/h1-2,5-6,14,17,19-21,31H,3-4,7-13,28-29H2,(H2,30,35)(H,32,40)(H,33,39)(H,34,38)(H,36,37)(H,41,42). The third-order valence-corrected chi connectivity index (χ3v) is 6.61. The molecule has 1 aromatic carbocycles. The smallest absolute Gasteiger partial charge is 0.326 e. The maximum atomic E-state index is 13.6. The number of hydrogen-bond donors (Lipinski definition) is 9. The number of para-hydroxylation sites is 1. The number of amides is 4. The second kappa shape index (κ2) is 16.7. The fourth-order valence-electron chi connectivity index (χ4n) is 4.27. The number of benzene rings is 1. The molecule has 0 aliphatic carbocycles. The van der Waals surface area contributed by atoms with Crippen molar-refractivity contribution in [3.8, 4) is 0 Å². The van der Waals surface area contributed by atoms with Crippen LogP contribution in [0.5, 0.6) is 0 Å². The fraction of sp³-hybridized carbons (Fsp3) is 0.481. The quantitative estimate of drug-likeness (QED) is 0.0886. The lowest BCUT2D eigenvalue weighted by Gasteiger charge is -2.25. The summed E-state index contributed by atoms with van der Waals surface area (Å²) in [5, 5.41) is 26.7.